The molecule has 1 unspecified atom stereocenters. The highest BCUT2D eigenvalue weighted by molar-refractivity contribution is 5.33. The molecule has 0 saturated heterocycles. The van der Waals surface area contributed by atoms with Crippen LogP contribution in [0.5, 0.6) is 0 Å². The first-order chi connectivity index (χ1) is 6.56. The average Bonchev–Trinajstić information content (AvgIpc) is 2.11. The second kappa shape index (κ2) is 4.53. The van der Waals surface area contributed by atoms with Crippen LogP contribution in [0.25, 0.3) is 0 Å². The minimum Gasteiger partial charge on any atom is -0.388 e. The van der Waals surface area contributed by atoms with Gasteiger partial charge in [0.2, 0.25) is 0 Å². The Labute approximate surface area is 83.6 Å². The van der Waals surface area contributed by atoms with E-state index in [-0.39, 0.29) is 5.82 Å². The number of aliphatic hydroxyl groups is 1. The predicted molar refractivity (Wildman–Crippen MR) is 54.5 cm³/mol. The first-order valence-electron chi connectivity index (χ1n) is 4.71. The highest BCUT2D eigenvalue weighted by Gasteiger charge is 2.12. The van der Waals surface area contributed by atoms with Crippen LogP contribution in [0.15, 0.2) is 12.1 Å². The van der Waals surface area contributed by atoms with Gasteiger partial charge in [-0.2, -0.15) is 0 Å². The summed E-state index contributed by atoms with van der Waals surface area (Å²) in [6.45, 7) is 3.88. The van der Waals surface area contributed by atoms with Crippen molar-refractivity contribution in [1.82, 2.24) is 0 Å². The average molecular weight is 197 g/mol. The van der Waals surface area contributed by atoms with Crippen LogP contribution < -0.4 is 5.73 Å². The molecule has 1 aromatic carbocycles. The Morgan fingerprint density at radius 2 is 2.07 bits per heavy atom. The molecule has 0 amide bonds. The third-order valence-electron chi connectivity index (χ3n) is 2.33. The Balaban J connectivity index is 3.07. The number of benzene rings is 1. The van der Waals surface area contributed by atoms with Crippen LogP contribution in [0.4, 0.5) is 4.39 Å². The van der Waals surface area contributed by atoms with Crippen molar-refractivity contribution < 1.29 is 9.50 Å². The van der Waals surface area contributed by atoms with Gasteiger partial charge in [0, 0.05) is 0 Å². The van der Waals surface area contributed by atoms with Gasteiger partial charge in [-0.05, 0) is 49.6 Å². The normalized spacial score (nSPS) is 12.9. The van der Waals surface area contributed by atoms with E-state index in [1.165, 1.54) is 6.07 Å². The molecule has 2 nitrogen and oxygen atoms in total. The lowest BCUT2D eigenvalue weighted by Gasteiger charge is -2.14. The number of aryl methyl sites for hydroxylation is 1. The van der Waals surface area contributed by atoms with Crippen molar-refractivity contribution in [3.8, 4) is 0 Å². The molecule has 0 spiro atoms. The van der Waals surface area contributed by atoms with Gasteiger partial charge < -0.3 is 10.8 Å². The molecule has 0 bridgehead atoms. The molecule has 78 valence electrons. The molecule has 0 aliphatic rings. The van der Waals surface area contributed by atoms with Gasteiger partial charge in [-0.15, -0.1) is 0 Å². The topological polar surface area (TPSA) is 46.2 Å². The van der Waals surface area contributed by atoms with E-state index in [1.807, 2.05) is 0 Å². The number of nitrogens with two attached hydrogens (primary N) is 1. The van der Waals surface area contributed by atoms with Gasteiger partial charge in [0.1, 0.15) is 5.82 Å². The maximum absolute atomic E-state index is 13.3. The molecule has 0 heterocycles. The largest absolute Gasteiger partial charge is 0.388 e. The first kappa shape index (κ1) is 11.1. The van der Waals surface area contributed by atoms with E-state index in [1.54, 1.807) is 19.9 Å². The van der Waals surface area contributed by atoms with E-state index >= 15 is 0 Å². The third-order valence-corrected chi connectivity index (χ3v) is 2.33. The number of aliphatic hydroxyl groups excluding tert-OH is 1. The molecule has 14 heavy (non-hydrogen) atoms. The highest BCUT2D eigenvalue weighted by atomic mass is 19.1. The fourth-order valence-corrected chi connectivity index (χ4v) is 1.50. The van der Waals surface area contributed by atoms with Gasteiger partial charge in [0.05, 0.1) is 6.10 Å². The second-order valence-corrected chi connectivity index (χ2v) is 3.55. The molecule has 1 aromatic rings. The lowest BCUT2D eigenvalue weighted by Crippen LogP contribution is -2.09. The summed E-state index contributed by atoms with van der Waals surface area (Å²) in [5, 5.41) is 9.70. The van der Waals surface area contributed by atoms with Crippen molar-refractivity contribution in [3.05, 3.63) is 34.6 Å². The molecule has 0 aliphatic carbocycles. The van der Waals surface area contributed by atoms with E-state index in [0.717, 1.165) is 5.56 Å². The Bertz CT molecular complexity index is 325. The van der Waals surface area contributed by atoms with Crippen molar-refractivity contribution in [2.24, 2.45) is 5.73 Å². The van der Waals surface area contributed by atoms with Gasteiger partial charge in [0.15, 0.2) is 0 Å². The highest BCUT2D eigenvalue weighted by Crippen LogP contribution is 2.23. The molecule has 0 saturated carbocycles. The van der Waals surface area contributed by atoms with E-state index in [0.29, 0.717) is 24.1 Å². The lowest BCUT2D eigenvalue weighted by atomic mass is 9.98. The van der Waals surface area contributed by atoms with Crippen LogP contribution in [0.1, 0.15) is 29.2 Å². The van der Waals surface area contributed by atoms with Crippen LogP contribution >= 0.6 is 0 Å². The summed E-state index contributed by atoms with van der Waals surface area (Å²) in [5.41, 5.74) is 7.31. The Hall–Kier alpha value is -0.930. The first-order valence-corrected chi connectivity index (χ1v) is 4.71. The number of hydrogen-bond acceptors (Lipinski definition) is 2. The number of rotatable bonds is 3. The Morgan fingerprint density at radius 1 is 1.43 bits per heavy atom. The van der Waals surface area contributed by atoms with E-state index in [2.05, 4.69) is 0 Å². The van der Waals surface area contributed by atoms with Crippen molar-refractivity contribution in [3.63, 3.8) is 0 Å². The second-order valence-electron chi connectivity index (χ2n) is 3.55. The maximum Gasteiger partial charge on any atom is 0.126 e. The standard InChI is InChI=1S/C11H16FNO/c1-7-5-9(11(14)3-4-13)8(2)10(12)6-7/h5-6,11,14H,3-4,13H2,1-2H3. The van der Waals surface area contributed by atoms with Gasteiger partial charge in [-0.1, -0.05) is 6.07 Å². The zero-order valence-corrected chi connectivity index (χ0v) is 8.55. The van der Waals surface area contributed by atoms with E-state index < -0.39 is 6.10 Å². The zero-order chi connectivity index (χ0) is 10.7. The summed E-state index contributed by atoms with van der Waals surface area (Å²) in [6.07, 6.45) is -0.196. The van der Waals surface area contributed by atoms with Crippen molar-refractivity contribution in [2.75, 3.05) is 6.54 Å². The van der Waals surface area contributed by atoms with E-state index in [9.17, 15) is 9.50 Å². The molecule has 1 atom stereocenters. The SMILES string of the molecule is Cc1cc(F)c(C)c(C(O)CCN)c1. The van der Waals surface area contributed by atoms with Gasteiger partial charge in [-0.25, -0.2) is 4.39 Å². The van der Waals surface area contributed by atoms with Gasteiger partial charge in [0.25, 0.3) is 0 Å². The smallest absolute Gasteiger partial charge is 0.126 e. The molecule has 1 rings (SSSR count). The van der Waals surface area contributed by atoms with Gasteiger partial charge >= 0.3 is 0 Å². The lowest BCUT2D eigenvalue weighted by molar-refractivity contribution is 0.169. The zero-order valence-electron chi connectivity index (χ0n) is 8.55. The summed E-state index contributed by atoms with van der Waals surface area (Å²) in [5.74, 6) is -0.268. The number of halogens is 1. The summed E-state index contributed by atoms with van der Waals surface area (Å²) >= 11 is 0. The molecular formula is C11H16FNO. The van der Waals surface area contributed by atoms with E-state index in [4.69, 9.17) is 5.73 Å². The van der Waals surface area contributed by atoms with Crippen LogP contribution in [-0.2, 0) is 0 Å². The third kappa shape index (κ3) is 2.30. The predicted octanol–water partition coefficient (Wildman–Crippen LogP) is 1.82. The molecule has 0 aliphatic heterocycles. The summed E-state index contributed by atoms with van der Waals surface area (Å²) in [7, 11) is 0. The minimum atomic E-state index is -0.658. The van der Waals surface area contributed by atoms with Crippen LogP contribution in [0.2, 0.25) is 0 Å². The fraction of sp³-hybridized carbons (Fsp3) is 0.455. The van der Waals surface area contributed by atoms with Crippen LogP contribution in [0, 0.1) is 19.7 Å². The van der Waals surface area contributed by atoms with Crippen molar-refractivity contribution in [2.45, 2.75) is 26.4 Å². The quantitative estimate of drug-likeness (QED) is 0.776. The molecule has 0 fully saturated rings. The molecule has 3 heteroatoms. The van der Waals surface area contributed by atoms with Gasteiger partial charge in [-0.3, -0.25) is 0 Å². The molecular weight excluding hydrogens is 181 g/mol. The van der Waals surface area contributed by atoms with Crippen LogP contribution in [-0.4, -0.2) is 11.7 Å². The van der Waals surface area contributed by atoms with Crippen molar-refractivity contribution in [1.29, 1.82) is 0 Å². The van der Waals surface area contributed by atoms with Crippen molar-refractivity contribution >= 4 is 0 Å². The maximum atomic E-state index is 13.3. The van der Waals surface area contributed by atoms with Crippen LogP contribution in [0.3, 0.4) is 0 Å². The molecule has 3 N–H and O–H groups in total. The minimum absolute atomic E-state index is 0.268. The monoisotopic (exact) mass is 197 g/mol. The summed E-state index contributed by atoms with van der Waals surface area (Å²) < 4.78 is 13.3. The summed E-state index contributed by atoms with van der Waals surface area (Å²) in [6, 6.07) is 3.27. The fourth-order valence-electron chi connectivity index (χ4n) is 1.50. The number of hydrogen-bond donors (Lipinski definition) is 2. The Kier molecular flexibility index (Phi) is 3.61. The Morgan fingerprint density at radius 3 is 2.64 bits per heavy atom. The molecule has 0 aromatic heterocycles. The molecule has 0 radical (unpaired) electrons. The summed E-state index contributed by atoms with van der Waals surface area (Å²) in [4.78, 5) is 0.